The number of rotatable bonds is 5. The second-order valence-electron chi connectivity index (χ2n) is 6.51. The fourth-order valence-corrected chi connectivity index (χ4v) is 4.06. The topological polar surface area (TPSA) is 40.6 Å². The van der Waals surface area contributed by atoms with Gasteiger partial charge in [0.05, 0.1) is 0 Å². The zero-order valence-corrected chi connectivity index (χ0v) is 14.5. The molecule has 2 fully saturated rings. The lowest BCUT2D eigenvalue weighted by molar-refractivity contribution is -0.128. The molecule has 1 aromatic carbocycles. The lowest BCUT2D eigenvalue weighted by atomic mass is 10.1. The molecular weight excluding hydrogens is 308 g/mol. The average molecular weight is 332 g/mol. The standard InChI is InChI=1S/C18H24N2O2S/c1-14(21)23-13-16-10-18(22)20(12-16)11-15-4-6-17(7-5-15)19-8-2-3-9-19/h4-7,16H,2-3,8-13H2,1H3. The molecule has 0 saturated carbocycles. The maximum atomic E-state index is 12.1. The summed E-state index contributed by atoms with van der Waals surface area (Å²) in [6.45, 7) is 5.34. The molecule has 0 spiro atoms. The maximum Gasteiger partial charge on any atom is 0.223 e. The summed E-state index contributed by atoms with van der Waals surface area (Å²) in [5.74, 6) is 1.27. The fourth-order valence-electron chi connectivity index (χ4n) is 3.36. The number of anilines is 1. The summed E-state index contributed by atoms with van der Waals surface area (Å²) in [7, 11) is 0. The molecule has 124 valence electrons. The van der Waals surface area contributed by atoms with E-state index in [1.54, 1.807) is 6.92 Å². The van der Waals surface area contributed by atoms with Gasteiger partial charge >= 0.3 is 0 Å². The first-order chi connectivity index (χ1) is 11.1. The van der Waals surface area contributed by atoms with E-state index >= 15 is 0 Å². The monoisotopic (exact) mass is 332 g/mol. The number of hydrogen-bond acceptors (Lipinski definition) is 4. The van der Waals surface area contributed by atoms with E-state index in [9.17, 15) is 9.59 Å². The van der Waals surface area contributed by atoms with Gasteiger partial charge in [0.2, 0.25) is 5.91 Å². The van der Waals surface area contributed by atoms with Crippen molar-refractivity contribution < 1.29 is 9.59 Å². The zero-order valence-electron chi connectivity index (χ0n) is 13.7. The zero-order chi connectivity index (χ0) is 16.2. The van der Waals surface area contributed by atoms with Crippen LogP contribution in [0.3, 0.4) is 0 Å². The highest BCUT2D eigenvalue weighted by Gasteiger charge is 2.29. The lowest BCUT2D eigenvalue weighted by Gasteiger charge is -2.20. The Balaban J connectivity index is 1.54. The van der Waals surface area contributed by atoms with Crippen molar-refractivity contribution in [2.75, 3.05) is 30.3 Å². The van der Waals surface area contributed by atoms with Crippen molar-refractivity contribution in [3.05, 3.63) is 29.8 Å². The molecule has 1 unspecified atom stereocenters. The second-order valence-corrected chi connectivity index (χ2v) is 7.70. The first-order valence-corrected chi connectivity index (χ1v) is 9.35. The van der Waals surface area contributed by atoms with Gasteiger partial charge < -0.3 is 9.80 Å². The summed E-state index contributed by atoms with van der Waals surface area (Å²) in [6.07, 6.45) is 3.14. The first-order valence-electron chi connectivity index (χ1n) is 8.37. The van der Waals surface area contributed by atoms with Gasteiger partial charge in [-0.15, -0.1) is 0 Å². The SMILES string of the molecule is CC(=O)SCC1CC(=O)N(Cc2ccc(N3CCCC3)cc2)C1. The summed E-state index contributed by atoms with van der Waals surface area (Å²) in [6, 6.07) is 8.62. The van der Waals surface area contributed by atoms with E-state index in [1.807, 2.05) is 4.90 Å². The third-order valence-corrected chi connectivity index (χ3v) is 5.64. The van der Waals surface area contributed by atoms with Gasteiger partial charge in [-0.1, -0.05) is 23.9 Å². The first kappa shape index (κ1) is 16.4. The van der Waals surface area contributed by atoms with E-state index < -0.39 is 0 Å². The average Bonchev–Trinajstić information content (AvgIpc) is 3.17. The minimum Gasteiger partial charge on any atom is -0.372 e. The summed E-state index contributed by atoms with van der Waals surface area (Å²) >= 11 is 1.33. The van der Waals surface area contributed by atoms with E-state index in [1.165, 1.54) is 35.9 Å². The van der Waals surface area contributed by atoms with Crippen molar-refractivity contribution in [3.63, 3.8) is 0 Å². The molecule has 4 nitrogen and oxygen atoms in total. The number of benzene rings is 1. The number of thioether (sulfide) groups is 1. The smallest absolute Gasteiger partial charge is 0.223 e. The van der Waals surface area contributed by atoms with Gasteiger partial charge in [0.25, 0.3) is 0 Å². The van der Waals surface area contributed by atoms with Gasteiger partial charge in [0, 0.05) is 51.0 Å². The molecule has 1 amide bonds. The number of nitrogens with zero attached hydrogens (tertiary/aromatic N) is 2. The van der Waals surface area contributed by atoms with Crippen molar-refractivity contribution in [1.29, 1.82) is 0 Å². The van der Waals surface area contributed by atoms with Gasteiger partial charge in [-0.25, -0.2) is 0 Å². The number of carbonyl (C=O) groups excluding carboxylic acids is 2. The summed E-state index contributed by atoms with van der Waals surface area (Å²) in [5.41, 5.74) is 2.47. The largest absolute Gasteiger partial charge is 0.372 e. The second kappa shape index (κ2) is 7.39. The van der Waals surface area contributed by atoms with Gasteiger partial charge in [-0.2, -0.15) is 0 Å². The van der Waals surface area contributed by atoms with Crippen molar-refractivity contribution in [3.8, 4) is 0 Å². The van der Waals surface area contributed by atoms with Crippen LogP contribution < -0.4 is 4.90 Å². The Labute approximate surface area is 142 Å². The van der Waals surface area contributed by atoms with Crippen LogP contribution in [-0.4, -0.2) is 41.3 Å². The molecule has 0 aliphatic carbocycles. The Morgan fingerprint density at radius 3 is 2.57 bits per heavy atom. The molecule has 0 radical (unpaired) electrons. The third-order valence-electron chi connectivity index (χ3n) is 4.60. The summed E-state index contributed by atoms with van der Waals surface area (Å²) in [5, 5.41) is 0.133. The van der Waals surface area contributed by atoms with Gasteiger partial charge in [0.1, 0.15) is 0 Å². The Morgan fingerprint density at radius 1 is 1.22 bits per heavy atom. The molecule has 0 N–H and O–H groups in total. The van der Waals surface area contributed by atoms with E-state index in [2.05, 4.69) is 29.2 Å². The lowest BCUT2D eigenvalue weighted by Crippen LogP contribution is -2.25. The van der Waals surface area contributed by atoms with Crippen LogP contribution in [0.2, 0.25) is 0 Å². The third kappa shape index (κ3) is 4.28. The van der Waals surface area contributed by atoms with E-state index in [0.717, 1.165) is 25.4 Å². The van der Waals surface area contributed by atoms with Gasteiger partial charge in [0.15, 0.2) is 5.12 Å². The summed E-state index contributed by atoms with van der Waals surface area (Å²) < 4.78 is 0. The predicted molar refractivity (Wildman–Crippen MR) is 94.6 cm³/mol. The molecule has 23 heavy (non-hydrogen) atoms. The Hall–Kier alpha value is -1.49. The molecule has 2 heterocycles. The highest BCUT2D eigenvalue weighted by Crippen LogP contribution is 2.25. The van der Waals surface area contributed by atoms with Crippen molar-refractivity contribution in [2.45, 2.75) is 32.7 Å². The molecule has 2 aliphatic heterocycles. The minimum absolute atomic E-state index is 0.133. The van der Waals surface area contributed by atoms with Gasteiger partial charge in [-0.3, -0.25) is 9.59 Å². The van der Waals surface area contributed by atoms with Crippen LogP contribution in [0.1, 0.15) is 31.7 Å². The molecule has 2 aliphatic rings. The molecule has 0 bridgehead atoms. The Kier molecular flexibility index (Phi) is 5.26. The predicted octanol–water partition coefficient (Wildman–Crippen LogP) is 2.92. The van der Waals surface area contributed by atoms with Crippen LogP contribution in [0, 0.1) is 5.92 Å². The molecule has 2 saturated heterocycles. The summed E-state index contributed by atoms with van der Waals surface area (Å²) in [4.78, 5) is 27.5. The number of likely N-dealkylation sites (tertiary alicyclic amines) is 1. The minimum atomic E-state index is 0.133. The number of amides is 1. The molecule has 3 rings (SSSR count). The molecule has 0 aromatic heterocycles. The van der Waals surface area contributed by atoms with Crippen LogP contribution in [-0.2, 0) is 16.1 Å². The number of carbonyl (C=O) groups is 2. The van der Waals surface area contributed by atoms with Crippen LogP contribution in [0.25, 0.3) is 0 Å². The Bertz CT molecular complexity index is 567. The normalized spacial score (nSPS) is 21.3. The Morgan fingerprint density at radius 2 is 1.91 bits per heavy atom. The van der Waals surface area contributed by atoms with Crippen LogP contribution >= 0.6 is 11.8 Å². The van der Waals surface area contributed by atoms with Crippen LogP contribution in [0.5, 0.6) is 0 Å². The molecule has 5 heteroatoms. The van der Waals surface area contributed by atoms with E-state index in [4.69, 9.17) is 0 Å². The fraction of sp³-hybridized carbons (Fsp3) is 0.556. The van der Waals surface area contributed by atoms with E-state index in [0.29, 0.717) is 18.9 Å². The highest BCUT2D eigenvalue weighted by molar-refractivity contribution is 8.13. The molecular formula is C18H24N2O2S. The van der Waals surface area contributed by atoms with E-state index in [-0.39, 0.29) is 11.0 Å². The van der Waals surface area contributed by atoms with Crippen molar-refractivity contribution in [1.82, 2.24) is 4.90 Å². The van der Waals surface area contributed by atoms with Crippen molar-refractivity contribution in [2.24, 2.45) is 5.92 Å². The van der Waals surface area contributed by atoms with Crippen LogP contribution in [0.15, 0.2) is 24.3 Å². The van der Waals surface area contributed by atoms with Crippen LogP contribution in [0.4, 0.5) is 5.69 Å². The number of hydrogen-bond donors (Lipinski definition) is 0. The molecule has 1 aromatic rings. The quantitative estimate of drug-likeness (QED) is 0.831. The maximum absolute atomic E-state index is 12.1. The highest BCUT2D eigenvalue weighted by atomic mass is 32.2. The van der Waals surface area contributed by atoms with Gasteiger partial charge in [-0.05, 0) is 36.5 Å². The van der Waals surface area contributed by atoms with Crippen molar-refractivity contribution >= 4 is 28.5 Å². The molecule has 1 atom stereocenters.